The summed E-state index contributed by atoms with van der Waals surface area (Å²) >= 11 is 0. The molecular weight excluding hydrogens is 1090 g/mol. The molecule has 18 nitrogen and oxygen atoms in total. The van der Waals surface area contributed by atoms with Gasteiger partial charge in [-0.25, -0.2) is 28.0 Å². The van der Waals surface area contributed by atoms with Crippen molar-refractivity contribution in [3.63, 3.8) is 0 Å². The van der Waals surface area contributed by atoms with E-state index in [1.807, 2.05) is 36.4 Å². The second kappa shape index (κ2) is 30.4. The van der Waals surface area contributed by atoms with E-state index in [9.17, 15) is 28.8 Å². The summed E-state index contributed by atoms with van der Waals surface area (Å²) in [4.78, 5) is 122. The quantitative estimate of drug-likeness (QED) is 0.121. The highest BCUT2D eigenvalue weighted by molar-refractivity contribution is 5.94. The van der Waals surface area contributed by atoms with Crippen LogP contribution in [0.15, 0.2) is 48.5 Å². The SMILES string of the molecule is CC(C)C[C@H]1C(=O)O[C@H](C)C(=O)N(C)[C@@H](CCC(C)(C)F)C(=O)O[C@H]([C@@H](C)c2ccc(C3CCOCC3)cc2)C(=O)N(C)[C@@H](CC(C)C)C(=O)O[C@H](C)C(=O)N(C)[C@@H](CC(C)(C)F)C(=O)O[C@H](Cc2ccc(C3CCOCC3)cc2)C(=O)N1C. The number of amides is 4. The molecule has 0 bridgehead atoms. The third-order valence-electron chi connectivity index (χ3n) is 16.4. The summed E-state index contributed by atoms with van der Waals surface area (Å²) in [5.41, 5.74) is -0.690. The van der Waals surface area contributed by atoms with Crippen LogP contribution in [0.2, 0.25) is 0 Å². The van der Waals surface area contributed by atoms with Gasteiger partial charge in [-0.15, -0.1) is 0 Å². The first-order valence-electron chi connectivity index (χ1n) is 29.9. The molecule has 84 heavy (non-hydrogen) atoms. The smallest absolute Gasteiger partial charge is 0.329 e. The first kappa shape index (κ1) is 68.8. The van der Waals surface area contributed by atoms with Crippen LogP contribution in [0.5, 0.6) is 0 Å². The standard InChI is InChI=1S/C64H94F2N4O14/c1-38(2)34-50-60(76)81-41(6)55(71)67(12)49(24-29-63(8,9)65)59(75)84-54(40(5)44-20-22-46(23-21-44)48-27-32-80-33-28-48)58(74)69(14)51(35-39(3)4)61(77)82-42(7)56(72)70(15)52(37-64(10,11)66)62(78)83-53(57(73)68(50)13)36-43-16-18-45(19-17-43)47-25-30-79-31-26-47/h16-23,38-42,47-54H,24-37H2,1-15H3/t40-,41+,42+,49-,50-,51-,52-,53+,54+/m0/s1. The van der Waals surface area contributed by atoms with E-state index in [2.05, 4.69) is 0 Å². The average Bonchev–Trinajstić information content (AvgIpc) is 3.40. The summed E-state index contributed by atoms with van der Waals surface area (Å²) in [6, 6.07) is 8.98. The lowest BCUT2D eigenvalue weighted by molar-refractivity contribution is -0.177. The van der Waals surface area contributed by atoms with Crippen LogP contribution in [0, 0.1) is 11.8 Å². The highest BCUT2D eigenvalue weighted by atomic mass is 19.1. The second-order valence-electron chi connectivity index (χ2n) is 25.4. The van der Waals surface area contributed by atoms with Gasteiger partial charge >= 0.3 is 23.9 Å². The Balaban J connectivity index is 1.64. The molecule has 0 radical (unpaired) electrons. The molecule has 468 valence electrons. The van der Waals surface area contributed by atoms with Gasteiger partial charge in [0.05, 0.1) is 0 Å². The maximum absolute atomic E-state index is 15.9. The van der Waals surface area contributed by atoms with E-state index in [1.54, 1.807) is 46.8 Å². The molecule has 3 aliphatic rings. The van der Waals surface area contributed by atoms with E-state index in [0.717, 1.165) is 56.4 Å². The van der Waals surface area contributed by atoms with Gasteiger partial charge in [0.1, 0.15) is 35.5 Å². The molecule has 20 heteroatoms. The van der Waals surface area contributed by atoms with E-state index < -0.39 is 120 Å². The van der Waals surface area contributed by atoms with Crippen LogP contribution in [-0.2, 0) is 73.2 Å². The number of alkyl halides is 2. The van der Waals surface area contributed by atoms with E-state index in [0.29, 0.717) is 37.6 Å². The minimum Gasteiger partial charge on any atom is -0.451 e. The number of hydrogen-bond donors (Lipinski definition) is 0. The number of likely N-dealkylation sites (N-methyl/N-ethyl adjacent to an activating group) is 4. The van der Waals surface area contributed by atoms with E-state index >= 15 is 18.4 Å². The topological polar surface area (TPSA) is 205 Å². The third kappa shape index (κ3) is 19.2. The molecule has 3 saturated heterocycles. The Kier molecular flexibility index (Phi) is 24.9. The van der Waals surface area contributed by atoms with Crippen LogP contribution in [0.3, 0.4) is 0 Å². The Bertz CT molecular complexity index is 2550. The lowest BCUT2D eigenvalue weighted by Gasteiger charge is -2.36. The maximum Gasteiger partial charge on any atom is 0.329 e. The molecule has 0 spiro atoms. The van der Waals surface area contributed by atoms with E-state index in [1.165, 1.54) is 69.7 Å². The molecule has 0 aliphatic carbocycles. The summed E-state index contributed by atoms with van der Waals surface area (Å²) in [7, 11) is 5.17. The molecule has 0 N–H and O–H groups in total. The zero-order chi connectivity index (χ0) is 62.5. The summed E-state index contributed by atoms with van der Waals surface area (Å²) in [5.74, 6) is -8.74. The van der Waals surface area contributed by atoms with Crippen molar-refractivity contribution in [1.29, 1.82) is 0 Å². The van der Waals surface area contributed by atoms with Crippen molar-refractivity contribution in [2.75, 3.05) is 54.6 Å². The van der Waals surface area contributed by atoms with Crippen LogP contribution in [0.25, 0.3) is 0 Å². The van der Waals surface area contributed by atoms with Crippen molar-refractivity contribution in [2.24, 2.45) is 11.8 Å². The van der Waals surface area contributed by atoms with Gasteiger partial charge < -0.3 is 48.0 Å². The Morgan fingerprint density at radius 1 is 0.500 bits per heavy atom. The van der Waals surface area contributed by atoms with Crippen LogP contribution in [-0.4, -0.2) is 182 Å². The highest BCUT2D eigenvalue weighted by Crippen LogP contribution is 2.33. The van der Waals surface area contributed by atoms with Crippen LogP contribution in [0.1, 0.15) is 174 Å². The summed E-state index contributed by atoms with van der Waals surface area (Å²) < 4.78 is 66.6. The number of carbonyl (C=O) groups excluding carboxylic acids is 8. The minimum absolute atomic E-state index is 0.000124. The number of cyclic esters (lactones) is 4. The van der Waals surface area contributed by atoms with Crippen LogP contribution >= 0.6 is 0 Å². The van der Waals surface area contributed by atoms with Crippen molar-refractivity contribution < 1.29 is 75.6 Å². The number of hydrogen-bond acceptors (Lipinski definition) is 14. The fraction of sp³-hybridized carbons (Fsp3) is 0.688. The van der Waals surface area contributed by atoms with Crippen molar-refractivity contribution in [3.8, 4) is 0 Å². The fourth-order valence-electron chi connectivity index (χ4n) is 11.1. The maximum atomic E-state index is 15.9. The van der Waals surface area contributed by atoms with Gasteiger partial charge in [-0.2, -0.15) is 0 Å². The molecule has 4 amide bonds. The van der Waals surface area contributed by atoms with Gasteiger partial charge in [0.25, 0.3) is 23.6 Å². The Hall–Kier alpha value is -6.02. The molecular formula is C64H94F2N4O14. The number of nitrogens with zero attached hydrogens (tertiary/aromatic N) is 4. The molecule has 3 aliphatic heterocycles. The van der Waals surface area contributed by atoms with Gasteiger partial charge in [-0.3, -0.25) is 19.2 Å². The Morgan fingerprint density at radius 3 is 1.32 bits per heavy atom. The Labute approximate surface area is 496 Å². The van der Waals surface area contributed by atoms with Crippen molar-refractivity contribution >= 4 is 47.5 Å². The number of benzene rings is 2. The van der Waals surface area contributed by atoms with Gasteiger partial charge in [0.15, 0.2) is 24.4 Å². The van der Waals surface area contributed by atoms with Crippen molar-refractivity contribution in [3.05, 3.63) is 70.8 Å². The highest BCUT2D eigenvalue weighted by Gasteiger charge is 2.45. The molecule has 2 aromatic rings. The van der Waals surface area contributed by atoms with Crippen molar-refractivity contribution in [2.45, 2.75) is 218 Å². The average molecular weight is 1180 g/mol. The summed E-state index contributed by atoms with van der Waals surface area (Å²) in [6.45, 7) is 18.9. The lowest BCUT2D eigenvalue weighted by Crippen LogP contribution is -2.55. The predicted octanol–water partition coefficient (Wildman–Crippen LogP) is 8.59. The molecule has 9 atom stereocenters. The molecule has 3 fully saturated rings. The number of carbonyl (C=O) groups is 8. The van der Waals surface area contributed by atoms with Crippen LogP contribution in [0.4, 0.5) is 8.78 Å². The second-order valence-corrected chi connectivity index (χ2v) is 25.4. The largest absolute Gasteiger partial charge is 0.451 e. The lowest BCUT2D eigenvalue weighted by atomic mass is 9.88. The predicted molar refractivity (Wildman–Crippen MR) is 311 cm³/mol. The van der Waals surface area contributed by atoms with E-state index in [-0.39, 0.29) is 55.8 Å². The molecule has 0 unspecified atom stereocenters. The molecule has 0 aromatic heterocycles. The van der Waals surface area contributed by atoms with Gasteiger partial charge in [-0.1, -0.05) is 83.1 Å². The number of halogens is 2. The number of rotatable bonds is 15. The first-order valence-corrected chi connectivity index (χ1v) is 29.9. The zero-order valence-electron chi connectivity index (χ0n) is 52.3. The summed E-state index contributed by atoms with van der Waals surface area (Å²) in [6.07, 6.45) is -4.70. The first-order chi connectivity index (χ1) is 39.3. The van der Waals surface area contributed by atoms with Crippen LogP contribution < -0.4 is 0 Å². The normalized spacial score (nSPS) is 26.0. The molecule has 5 rings (SSSR count). The minimum atomic E-state index is -2.11. The van der Waals surface area contributed by atoms with Gasteiger partial charge in [0, 0.05) is 73.4 Å². The monoisotopic (exact) mass is 1180 g/mol. The number of ether oxygens (including phenoxy) is 6. The fourth-order valence-corrected chi connectivity index (χ4v) is 11.1. The third-order valence-corrected chi connectivity index (χ3v) is 16.4. The Morgan fingerprint density at radius 2 is 0.893 bits per heavy atom. The number of esters is 4. The molecule has 2 aromatic carbocycles. The summed E-state index contributed by atoms with van der Waals surface area (Å²) in [5, 5.41) is 0. The van der Waals surface area contributed by atoms with Gasteiger partial charge in [0.2, 0.25) is 0 Å². The van der Waals surface area contributed by atoms with Crippen molar-refractivity contribution in [1.82, 2.24) is 19.6 Å². The zero-order valence-corrected chi connectivity index (χ0v) is 52.3. The van der Waals surface area contributed by atoms with Gasteiger partial charge in [-0.05, 0) is 139 Å². The van der Waals surface area contributed by atoms with E-state index in [4.69, 9.17) is 28.4 Å². The molecule has 0 saturated carbocycles. The molecule has 3 heterocycles.